The van der Waals surface area contributed by atoms with Crippen LogP contribution in [-0.4, -0.2) is 19.6 Å². The fourth-order valence-corrected chi connectivity index (χ4v) is 2.08. The maximum Gasteiger partial charge on any atom is 0.255 e. The van der Waals surface area contributed by atoms with Crippen molar-refractivity contribution in [3.8, 4) is 11.5 Å². The summed E-state index contributed by atoms with van der Waals surface area (Å²) in [6, 6.07) is 8.60. The highest BCUT2D eigenvalue weighted by Gasteiger charge is 2.13. The number of halogens is 2. The quantitative estimate of drug-likeness (QED) is 0.899. The van der Waals surface area contributed by atoms with Crippen LogP contribution in [0.1, 0.15) is 17.3 Å². The molecule has 4 nitrogen and oxygen atoms in total. The number of carbonyl (C=O) groups excluding carboxylic acids is 1. The van der Waals surface area contributed by atoms with Gasteiger partial charge in [-0.25, -0.2) is 4.39 Å². The molecule has 0 bridgehead atoms. The van der Waals surface area contributed by atoms with Gasteiger partial charge in [-0.1, -0.05) is 11.6 Å². The van der Waals surface area contributed by atoms with E-state index in [2.05, 4.69) is 5.32 Å². The molecule has 22 heavy (non-hydrogen) atoms. The number of rotatable bonds is 5. The first-order chi connectivity index (χ1) is 10.5. The van der Waals surface area contributed by atoms with Gasteiger partial charge in [-0.05, 0) is 43.3 Å². The smallest absolute Gasteiger partial charge is 0.255 e. The van der Waals surface area contributed by atoms with Crippen molar-refractivity contribution in [2.24, 2.45) is 0 Å². The second kappa shape index (κ2) is 7.13. The molecule has 0 aromatic heterocycles. The zero-order valence-corrected chi connectivity index (χ0v) is 12.9. The van der Waals surface area contributed by atoms with Gasteiger partial charge in [0.2, 0.25) is 0 Å². The molecule has 0 heterocycles. The molecule has 0 fully saturated rings. The lowest BCUT2D eigenvalue weighted by Crippen LogP contribution is -2.12. The van der Waals surface area contributed by atoms with Gasteiger partial charge in [0.15, 0.2) is 11.5 Å². The van der Waals surface area contributed by atoms with Crippen molar-refractivity contribution in [1.82, 2.24) is 0 Å². The number of amides is 1. The van der Waals surface area contributed by atoms with E-state index in [-0.39, 0.29) is 10.9 Å². The van der Waals surface area contributed by atoms with Crippen molar-refractivity contribution in [3.63, 3.8) is 0 Å². The van der Waals surface area contributed by atoms with Crippen molar-refractivity contribution in [2.45, 2.75) is 6.92 Å². The van der Waals surface area contributed by atoms with E-state index in [0.717, 1.165) is 6.07 Å². The van der Waals surface area contributed by atoms with Crippen molar-refractivity contribution < 1.29 is 18.7 Å². The molecule has 0 saturated heterocycles. The second-order valence-corrected chi connectivity index (χ2v) is 4.78. The Bertz CT molecular complexity index is 691. The summed E-state index contributed by atoms with van der Waals surface area (Å²) in [6.07, 6.45) is 0. The molecule has 2 aromatic rings. The average Bonchev–Trinajstić information content (AvgIpc) is 2.50. The molecule has 0 aliphatic rings. The zero-order valence-electron chi connectivity index (χ0n) is 12.2. The van der Waals surface area contributed by atoms with Crippen LogP contribution < -0.4 is 14.8 Å². The molecule has 0 atom stereocenters. The van der Waals surface area contributed by atoms with Gasteiger partial charge in [0.05, 0.1) is 24.4 Å². The number of nitrogens with one attached hydrogen (secondary N) is 1. The molecule has 2 rings (SSSR count). The topological polar surface area (TPSA) is 47.6 Å². The molecule has 1 N–H and O–H groups in total. The number of methoxy groups -OCH3 is 1. The summed E-state index contributed by atoms with van der Waals surface area (Å²) < 4.78 is 23.6. The predicted molar refractivity (Wildman–Crippen MR) is 83.5 cm³/mol. The van der Waals surface area contributed by atoms with Gasteiger partial charge < -0.3 is 14.8 Å². The third kappa shape index (κ3) is 3.68. The summed E-state index contributed by atoms with van der Waals surface area (Å²) in [6.45, 7) is 2.35. The lowest BCUT2D eigenvalue weighted by atomic mass is 10.2. The van der Waals surface area contributed by atoms with Gasteiger partial charge in [0.1, 0.15) is 5.82 Å². The highest BCUT2D eigenvalue weighted by molar-refractivity contribution is 6.33. The van der Waals surface area contributed by atoms with Gasteiger partial charge >= 0.3 is 0 Å². The van der Waals surface area contributed by atoms with E-state index >= 15 is 0 Å². The maximum atomic E-state index is 13.0. The van der Waals surface area contributed by atoms with Gasteiger partial charge in [0.25, 0.3) is 5.91 Å². The lowest BCUT2D eigenvalue weighted by molar-refractivity contribution is 0.102. The van der Waals surface area contributed by atoms with E-state index in [4.69, 9.17) is 21.1 Å². The van der Waals surface area contributed by atoms with Crippen molar-refractivity contribution in [3.05, 3.63) is 52.8 Å². The van der Waals surface area contributed by atoms with Crippen molar-refractivity contribution in [2.75, 3.05) is 19.0 Å². The average molecular weight is 324 g/mol. The largest absolute Gasteiger partial charge is 0.493 e. The van der Waals surface area contributed by atoms with Crippen LogP contribution in [0.4, 0.5) is 10.1 Å². The summed E-state index contributed by atoms with van der Waals surface area (Å²) in [7, 11) is 1.50. The molecule has 0 aliphatic carbocycles. The summed E-state index contributed by atoms with van der Waals surface area (Å²) in [5.74, 6) is 0.168. The SMILES string of the molecule is CCOc1ccc(C(=O)Nc2ccc(F)cc2Cl)cc1OC. The fourth-order valence-electron chi connectivity index (χ4n) is 1.87. The summed E-state index contributed by atoms with van der Waals surface area (Å²) in [5.41, 5.74) is 0.710. The summed E-state index contributed by atoms with van der Waals surface area (Å²) in [5, 5.41) is 2.75. The molecular weight excluding hydrogens is 309 g/mol. The molecule has 1 amide bonds. The Hall–Kier alpha value is -2.27. The number of ether oxygens (including phenoxy) is 2. The number of benzene rings is 2. The van der Waals surface area contributed by atoms with Crippen molar-refractivity contribution >= 4 is 23.2 Å². The normalized spacial score (nSPS) is 10.2. The highest BCUT2D eigenvalue weighted by atomic mass is 35.5. The van der Waals surface area contributed by atoms with E-state index < -0.39 is 5.82 Å². The maximum absolute atomic E-state index is 13.0. The Labute approximate surface area is 132 Å². The zero-order chi connectivity index (χ0) is 16.1. The number of carbonyl (C=O) groups is 1. The van der Waals surface area contributed by atoms with Crippen LogP contribution >= 0.6 is 11.6 Å². The Kier molecular flexibility index (Phi) is 5.22. The molecule has 116 valence electrons. The predicted octanol–water partition coefficient (Wildman–Crippen LogP) is 4.14. The third-order valence-electron chi connectivity index (χ3n) is 2.90. The molecular formula is C16H15ClFNO3. The molecule has 0 radical (unpaired) electrons. The van der Waals surface area contributed by atoms with Crippen LogP contribution in [-0.2, 0) is 0 Å². The molecule has 0 aliphatic heterocycles. The number of hydrogen-bond acceptors (Lipinski definition) is 3. The van der Waals surface area contributed by atoms with Crippen LogP contribution in [0, 0.1) is 5.82 Å². The molecule has 2 aromatic carbocycles. The summed E-state index contributed by atoms with van der Waals surface area (Å²) in [4.78, 5) is 12.2. The standard InChI is InChI=1S/C16H15ClFNO3/c1-3-22-14-7-4-10(8-15(14)21-2)16(20)19-13-6-5-11(18)9-12(13)17/h4-9H,3H2,1-2H3,(H,19,20). The van der Waals surface area contributed by atoms with Crippen LogP contribution in [0.15, 0.2) is 36.4 Å². The van der Waals surface area contributed by atoms with Gasteiger partial charge in [0, 0.05) is 5.56 Å². The minimum atomic E-state index is -0.467. The van der Waals surface area contributed by atoms with E-state index in [0.29, 0.717) is 29.4 Å². The second-order valence-electron chi connectivity index (χ2n) is 4.38. The first-order valence-electron chi connectivity index (χ1n) is 6.62. The minimum absolute atomic E-state index is 0.131. The fraction of sp³-hybridized carbons (Fsp3) is 0.188. The van der Waals surface area contributed by atoms with Crippen molar-refractivity contribution in [1.29, 1.82) is 0 Å². The third-order valence-corrected chi connectivity index (χ3v) is 3.22. The molecule has 0 saturated carbocycles. The minimum Gasteiger partial charge on any atom is -0.493 e. The first-order valence-corrected chi connectivity index (χ1v) is 7.00. The Morgan fingerprint density at radius 3 is 2.64 bits per heavy atom. The number of anilines is 1. The Morgan fingerprint density at radius 2 is 2.00 bits per heavy atom. The summed E-state index contributed by atoms with van der Waals surface area (Å²) >= 11 is 5.89. The molecule has 0 unspecified atom stereocenters. The Morgan fingerprint density at radius 1 is 1.23 bits per heavy atom. The van der Waals surface area contributed by atoms with E-state index in [1.54, 1.807) is 18.2 Å². The molecule has 6 heteroatoms. The lowest BCUT2D eigenvalue weighted by Gasteiger charge is -2.11. The van der Waals surface area contributed by atoms with E-state index in [1.807, 2.05) is 6.92 Å². The Balaban J connectivity index is 2.22. The monoisotopic (exact) mass is 323 g/mol. The van der Waals surface area contributed by atoms with Crippen LogP contribution in [0.3, 0.4) is 0 Å². The van der Waals surface area contributed by atoms with Crippen LogP contribution in [0.2, 0.25) is 5.02 Å². The van der Waals surface area contributed by atoms with Crippen LogP contribution in [0.25, 0.3) is 0 Å². The van der Waals surface area contributed by atoms with Gasteiger partial charge in [-0.15, -0.1) is 0 Å². The van der Waals surface area contributed by atoms with E-state index in [1.165, 1.54) is 19.2 Å². The van der Waals surface area contributed by atoms with Gasteiger partial charge in [-0.2, -0.15) is 0 Å². The van der Waals surface area contributed by atoms with Gasteiger partial charge in [-0.3, -0.25) is 4.79 Å². The number of hydrogen-bond donors (Lipinski definition) is 1. The highest BCUT2D eigenvalue weighted by Crippen LogP contribution is 2.29. The molecule has 0 spiro atoms. The van der Waals surface area contributed by atoms with Crippen LogP contribution in [0.5, 0.6) is 11.5 Å². The van der Waals surface area contributed by atoms with E-state index in [9.17, 15) is 9.18 Å². The first kappa shape index (κ1) is 16.1.